The van der Waals surface area contributed by atoms with Crippen LogP contribution in [0, 0.1) is 0 Å². The molecule has 0 amide bonds. The van der Waals surface area contributed by atoms with Crippen molar-refractivity contribution in [2.45, 2.75) is 26.3 Å². The molecule has 0 saturated heterocycles. The fraction of sp³-hybridized carbons (Fsp3) is 0.294. The van der Waals surface area contributed by atoms with Crippen molar-refractivity contribution < 1.29 is 4.42 Å². The van der Waals surface area contributed by atoms with Crippen LogP contribution in [0.25, 0.3) is 11.3 Å². The minimum Gasteiger partial charge on any atom is -0.438 e. The standard InChI is InChI=1S/C17H20N4O/c1-4-14-15(11-21(3)20-14)19-12(2)17-18-10-16(22-17)13-8-6-5-7-9-13/h5-12,19H,4H2,1-3H3/t12-/m1/s1. The van der Waals surface area contributed by atoms with Gasteiger partial charge in [-0.3, -0.25) is 4.68 Å². The van der Waals surface area contributed by atoms with Gasteiger partial charge in [0.25, 0.3) is 0 Å². The zero-order valence-corrected chi connectivity index (χ0v) is 13.1. The zero-order valence-electron chi connectivity index (χ0n) is 13.1. The Balaban J connectivity index is 1.78. The molecule has 1 atom stereocenters. The maximum atomic E-state index is 5.88. The molecule has 0 radical (unpaired) electrons. The second-order valence-electron chi connectivity index (χ2n) is 5.31. The minimum atomic E-state index is -0.0213. The van der Waals surface area contributed by atoms with Crippen molar-refractivity contribution >= 4 is 5.69 Å². The largest absolute Gasteiger partial charge is 0.438 e. The van der Waals surface area contributed by atoms with E-state index in [-0.39, 0.29) is 6.04 Å². The van der Waals surface area contributed by atoms with Crippen LogP contribution in [-0.4, -0.2) is 14.8 Å². The molecule has 0 saturated carbocycles. The number of rotatable bonds is 5. The molecule has 0 aliphatic carbocycles. The summed E-state index contributed by atoms with van der Waals surface area (Å²) < 4.78 is 7.70. The normalized spacial score (nSPS) is 12.3. The highest BCUT2D eigenvalue weighted by molar-refractivity contribution is 5.56. The molecule has 114 valence electrons. The van der Waals surface area contributed by atoms with Gasteiger partial charge in [0.05, 0.1) is 17.6 Å². The lowest BCUT2D eigenvalue weighted by atomic mass is 10.2. The second-order valence-corrected chi connectivity index (χ2v) is 5.31. The molecule has 0 unspecified atom stereocenters. The van der Waals surface area contributed by atoms with Gasteiger partial charge in [-0.1, -0.05) is 37.3 Å². The molecule has 0 aliphatic heterocycles. The summed E-state index contributed by atoms with van der Waals surface area (Å²) in [5.74, 6) is 1.45. The van der Waals surface area contributed by atoms with Crippen LogP contribution in [0.1, 0.15) is 31.5 Å². The molecular formula is C17H20N4O. The Bertz CT molecular complexity index is 745. The average molecular weight is 296 g/mol. The molecular weight excluding hydrogens is 276 g/mol. The average Bonchev–Trinajstić information content (AvgIpc) is 3.15. The summed E-state index contributed by atoms with van der Waals surface area (Å²) in [5.41, 5.74) is 3.10. The molecule has 1 aromatic carbocycles. The summed E-state index contributed by atoms with van der Waals surface area (Å²) in [6.45, 7) is 4.13. The highest BCUT2D eigenvalue weighted by Crippen LogP contribution is 2.25. The van der Waals surface area contributed by atoms with Gasteiger partial charge in [0.15, 0.2) is 5.76 Å². The second kappa shape index (κ2) is 6.05. The molecule has 2 aromatic heterocycles. The van der Waals surface area contributed by atoms with Gasteiger partial charge in [-0.05, 0) is 13.3 Å². The van der Waals surface area contributed by atoms with Crippen LogP contribution in [0.4, 0.5) is 5.69 Å². The Morgan fingerprint density at radius 1 is 1.27 bits per heavy atom. The Labute approximate surface area is 130 Å². The minimum absolute atomic E-state index is 0.0213. The molecule has 5 heteroatoms. The number of aromatic nitrogens is 3. The van der Waals surface area contributed by atoms with E-state index in [2.05, 4.69) is 22.3 Å². The maximum absolute atomic E-state index is 5.88. The number of aryl methyl sites for hydroxylation is 2. The Morgan fingerprint density at radius 3 is 2.77 bits per heavy atom. The molecule has 0 fully saturated rings. The smallest absolute Gasteiger partial charge is 0.217 e. The van der Waals surface area contributed by atoms with Crippen LogP contribution in [0.3, 0.4) is 0 Å². The molecule has 0 bridgehead atoms. The highest BCUT2D eigenvalue weighted by Gasteiger charge is 2.15. The van der Waals surface area contributed by atoms with Gasteiger partial charge in [-0.2, -0.15) is 5.10 Å². The zero-order chi connectivity index (χ0) is 15.5. The van der Waals surface area contributed by atoms with Crippen LogP contribution in [0.15, 0.2) is 47.1 Å². The summed E-state index contributed by atoms with van der Waals surface area (Å²) >= 11 is 0. The quantitative estimate of drug-likeness (QED) is 0.778. The van der Waals surface area contributed by atoms with Crippen molar-refractivity contribution in [3.8, 4) is 11.3 Å². The molecule has 5 nitrogen and oxygen atoms in total. The van der Waals surface area contributed by atoms with Gasteiger partial charge >= 0.3 is 0 Å². The number of hydrogen-bond acceptors (Lipinski definition) is 4. The molecule has 22 heavy (non-hydrogen) atoms. The van der Waals surface area contributed by atoms with Crippen molar-refractivity contribution in [1.29, 1.82) is 0 Å². The van der Waals surface area contributed by atoms with E-state index < -0.39 is 0 Å². The van der Waals surface area contributed by atoms with E-state index in [0.717, 1.165) is 29.1 Å². The lowest BCUT2D eigenvalue weighted by Crippen LogP contribution is -2.07. The Hall–Kier alpha value is -2.56. The summed E-state index contributed by atoms with van der Waals surface area (Å²) in [6, 6.07) is 9.97. The van der Waals surface area contributed by atoms with Crippen LogP contribution < -0.4 is 5.32 Å². The van der Waals surface area contributed by atoms with Gasteiger partial charge in [0.1, 0.15) is 6.04 Å². The first-order chi connectivity index (χ1) is 10.7. The van der Waals surface area contributed by atoms with Crippen molar-refractivity contribution in [2.24, 2.45) is 7.05 Å². The maximum Gasteiger partial charge on any atom is 0.217 e. The summed E-state index contributed by atoms with van der Waals surface area (Å²) in [4.78, 5) is 4.39. The van der Waals surface area contributed by atoms with Crippen LogP contribution >= 0.6 is 0 Å². The van der Waals surface area contributed by atoms with Gasteiger partial charge in [-0.15, -0.1) is 0 Å². The number of benzene rings is 1. The molecule has 1 N–H and O–H groups in total. The third kappa shape index (κ3) is 2.88. The first-order valence-corrected chi connectivity index (χ1v) is 7.47. The summed E-state index contributed by atoms with van der Waals surface area (Å²) in [5, 5.41) is 7.86. The van der Waals surface area contributed by atoms with Crippen LogP contribution in [0.2, 0.25) is 0 Å². The van der Waals surface area contributed by atoms with E-state index in [1.807, 2.05) is 55.2 Å². The van der Waals surface area contributed by atoms with E-state index in [1.54, 1.807) is 6.20 Å². The number of nitrogens with one attached hydrogen (secondary N) is 1. The third-order valence-corrected chi connectivity index (χ3v) is 3.56. The van der Waals surface area contributed by atoms with Crippen LogP contribution in [-0.2, 0) is 13.5 Å². The Morgan fingerprint density at radius 2 is 2.05 bits per heavy atom. The van der Waals surface area contributed by atoms with Gasteiger partial charge in [-0.25, -0.2) is 4.98 Å². The number of nitrogens with zero attached hydrogens (tertiary/aromatic N) is 3. The number of oxazole rings is 1. The first-order valence-electron chi connectivity index (χ1n) is 7.47. The molecule has 3 rings (SSSR count). The molecule has 0 spiro atoms. The molecule has 0 aliphatic rings. The molecule has 2 heterocycles. The highest BCUT2D eigenvalue weighted by atomic mass is 16.4. The summed E-state index contributed by atoms with van der Waals surface area (Å²) in [7, 11) is 1.92. The van der Waals surface area contributed by atoms with E-state index in [1.165, 1.54) is 0 Å². The van der Waals surface area contributed by atoms with Crippen molar-refractivity contribution in [1.82, 2.24) is 14.8 Å². The predicted octanol–water partition coefficient (Wildman–Crippen LogP) is 3.81. The first kappa shape index (κ1) is 14.4. The lowest BCUT2D eigenvalue weighted by molar-refractivity contribution is 0.485. The third-order valence-electron chi connectivity index (χ3n) is 3.56. The van der Waals surface area contributed by atoms with Crippen LogP contribution in [0.5, 0.6) is 0 Å². The molecule has 3 aromatic rings. The van der Waals surface area contributed by atoms with Crippen molar-refractivity contribution in [3.63, 3.8) is 0 Å². The van der Waals surface area contributed by atoms with Gasteiger partial charge in [0.2, 0.25) is 5.89 Å². The Kier molecular flexibility index (Phi) is 3.96. The number of hydrogen-bond donors (Lipinski definition) is 1. The topological polar surface area (TPSA) is 55.9 Å². The van der Waals surface area contributed by atoms with E-state index in [0.29, 0.717) is 5.89 Å². The fourth-order valence-corrected chi connectivity index (χ4v) is 2.43. The summed E-state index contributed by atoms with van der Waals surface area (Å²) in [6.07, 6.45) is 4.64. The predicted molar refractivity (Wildman–Crippen MR) is 86.6 cm³/mol. The van der Waals surface area contributed by atoms with Crippen molar-refractivity contribution in [2.75, 3.05) is 5.32 Å². The monoisotopic (exact) mass is 296 g/mol. The fourth-order valence-electron chi connectivity index (χ4n) is 2.43. The van der Waals surface area contributed by atoms with E-state index in [4.69, 9.17) is 4.42 Å². The van der Waals surface area contributed by atoms with Gasteiger partial charge in [0, 0.05) is 18.8 Å². The lowest BCUT2D eigenvalue weighted by Gasteiger charge is -2.11. The number of anilines is 1. The van der Waals surface area contributed by atoms with Crippen molar-refractivity contribution in [3.05, 3.63) is 54.3 Å². The van der Waals surface area contributed by atoms with Gasteiger partial charge < -0.3 is 9.73 Å². The van der Waals surface area contributed by atoms with E-state index >= 15 is 0 Å². The van der Waals surface area contributed by atoms with E-state index in [9.17, 15) is 0 Å². The SMILES string of the molecule is CCc1nn(C)cc1N[C@H](C)c1ncc(-c2ccccc2)o1.